The maximum atomic E-state index is 5.59. The Kier molecular flexibility index (Phi) is 3.01. The van der Waals surface area contributed by atoms with Crippen molar-refractivity contribution < 1.29 is 4.74 Å². The molecule has 24 heavy (non-hydrogen) atoms. The molecule has 1 aliphatic carbocycles. The van der Waals surface area contributed by atoms with Gasteiger partial charge in [-0.1, -0.05) is 12.1 Å². The van der Waals surface area contributed by atoms with E-state index in [1.807, 2.05) is 16.9 Å². The molecule has 3 aromatic rings. The summed E-state index contributed by atoms with van der Waals surface area (Å²) in [6.07, 6.45) is 7.30. The first-order valence-corrected chi connectivity index (χ1v) is 8.58. The highest BCUT2D eigenvalue weighted by Crippen LogP contribution is 2.40. The van der Waals surface area contributed by atoms with Crippen molar-refractivity contribution in [3.63, 3.8) is 0 Å². The SMILES string of the molecule is CN(Cc1ccc2c(c1)CCO2)c1nccn2nc(C3CC3)cc12. The maximum absolute atomic E-state index is 5.59. The van der Waals surface area contributed by atoms with E-state index >= 15 is 0 Å². The van der Waals surface area contributed by atoms with Gasteiger partial charge in [0.25, 0.3) is 0 Å². The van der Waals surface area contributed by atoms with Crippen LogP contribution in [0, 0.1) is 0 Å². The number of ether oxygens (including phenoxy) is 1. The van der Waals surface area contributed by atoms with Crippen molar-refractivity contribution in [1.82, 2.24) is 14.6 Å². The summed E-state index contributed by atoms with van der Waals surface area (Å²) in [6.45, 7) is 1.62. The van der Waals surface area contributed by atoms with Gasteiger partial charge in [0.1, 0.15) is 11.3 Å². The van der Waals surface area contributed by atoms with Gasteiger partial charge in [-0.25, -0.2) is 9.50 Å². The third-order valence-corrected chi connectivity index (χ3v) is 4.92. The highest BCUT2D eigenvalue weighted by molar-refractivity contribution is 5.69. The summed E-state index contributed by atoms with van der Waals surface area (Å²) in [5.41, 5.74) is 4.89. The van der Waals surface area contributed by atoms with Crippen LogP contribution in [0.1, 0.15) is 35.6 Å². The average molecular weight is 320 g/mol. The van der Waals surface area contributed by atoms with Crippen molar-refractivity contribution in [1.29, 1.82) is 0 Å². The molecule has 0 unspecified atom stereocenters. The first kappa shape index (κ1) is 13.8. The third kappa shape index (κ3) is 2.31. The van der Waals surface area contributed by atoms with E-state index < -0.39 is 0 Å². The minimum absolute atomic E-state index is 0.653. The Bertz CT molecular complexity index is 913. The highest BCUT2D eigenvalue weighted by atomic mass is 16.5. The van der Waals surface area contributed by atoms with Crippen molar-refractivity contribution in [2.75, 3.05) is 18.6 Å². The van der Waals surface area contributed by atoms with Gasteiger partial charge in [-0.3, -0.25) is 0 Å². The summed E-state index contributed by atoms with van der Waals surface area (Å²) in [5.74, 6) is 2.67. The monoisotopic (exact) mass is 320 g/mol. The second kappa shape index (κ2) is 5.23. The molecule has 1 fully saturated rings. The van der Waals surface area contributed by atoms with Crippen molar-refractivity contribution in [3.8, 4) is 5.75 Å². The van der Waals surface area contributed by atoms with Gasteiger partial charge in [-0.2, -0.15) is 5.10 Å². The molecule has 2 aromatic heterocycles. The molecule has 5 heteroatoms. The highest BCUT2D eigenvalue weighted by Gasteiger charge is 2.27. The van der Waals surface area contributed by atoms with E-state index in [0.717, 1.165) is 36.7 Å². The minimum Gasteiger partial charge on any atom is -0.493 e. The molecule has 0 N–H and O–H groups in total. The molecule has 0 radical (unpaired) electrons. The van der Waals surface area contributed by atoms with Gasteiger partial charge in [0.15, 0.2) is 5.82 Å². The fourth-order valence-corrected chi connectivity index (χ4v) is 3.49. The number of hydrogen-bond acceptors (Lipinski definition) is 4. The van der Waals surface area contributed by atoms with E-state index in [1.54, 1.807) is 0 Å². The summed E-state index contributed by atoms with van der Waals surface area (Å²) in [5, 5.41) is 4.71. The summed E-state index contributed by atoms with van der Waals surface area (Å²) in [7, 11) is 2.09. The lowest BCUT2D eigenvalue weighted by Crippen LogP contribution is -2.18. The first-order chi connectivity index (χ1) is 11.8. The molecule has 0 bridgehead atoms. The summed E-state index contributed by atoms with van der Waals surface area (Å²) < 4.78 is 7.56. The van der Waals surface area contributed by atoms with Crippen LogP contribution in [0.15, 0.2) is 36.7 Å². The molecule has 2 aliphatic rings. The van der Waals surface area contributed by atoms with E-state index in [2.05, 4.69) is 41.2 Å². The van der Waals surface area contributed by atoms with Crippen LogP contribution in [0.4, 0.5) is 5.82 Å². The van der Waals surface area contributed by atoms with Crippen LogP contribution in [-0.4, -0.2) is 28.3 Å². The largest absolute Gasteiger partial charge is 0.493 e. The molecule has 1 saturated carbocycles. The van der Waals surface area contributed by atoms with Gasteiger partial charge in [-0.05, 0) is 36.1 Å². The quantitative estimate of drug-likeness (QED) is 0.740. The molecule has 0 saturated heterocycles. The zero-order valence-electron chi connectivity index (χ0n) is 13.8. The van der Waals surface area contributed by atoms with Crippen molar-refractivity contribution in [3.05, 3.63) is 53.5 Å². The number of aromatic nitrogens is 3. The van der Waals surface area contributed by atoms with Crippen LogP contribution < -0.4 is 9.64 Å². The third-order valence-electron chi connectivity index (χ3n) is 4.92. The zero-order chi connectivity index (χ0) is 16.1. The number of rotatable bonds is 4. The summed E-state index contributed by atoms with van der Waals surface area (Å²) >= 11 is 0. The van der Waals surface area contributed by atoms with E-state index in [1.165, 1.54) is 29.7 Å². The Hall–Kier alpha value is -2.56. The molecule has 3 heterocycles. The lowest BCUT2D eigenvalue weighted by molar-refractivity contribution is 0.357. The normalized spacial score (nSPS) is 16.2. The number of benzene rings is 1. The molecule has 0 amide bonds. The van der Waals surface area contributed by atoms with Gasteiger partial charge in [0.2, 0.25) is 0 Å². The predicted molar refractivity (Wildman–Crippen MR) is 92.7 cm³/mol. The molecular formula is C19H20N4O. The number of fused-ring (bicyclic) bond motifs is 2. The fourth-order valence-electron chi connectivity index (χ4n) is 3.49. The zero-order valence-corrected chi connectivity index (χ0v) is 13.8. The Morgan fingerprint density at radius 1 is 1.29 bits per heavy atom. The second-order valence-corrected chi connectivity index (χ2v) is 6.82. The Morgan fingerprint density at radius 3 is 3.08 bits per heavy atom. The van der Waals surface area contributed by atoms with Gasteiger partial charge >= 0.3 is 0 Å². The number of anilines is 1. The molecule has 1 aliphatic heterocycles. The topological polar surface area (TPSA) is 42.7 Å². The van der Waals surface area contributed by atoms with E-state index in [9.17, 15) is 0 Å². The predicted octanol–water partition coefficient (Wildman–Crippen LogP) is 3.18. The van der Waals surface area contributed by atoms with Gasteiger partial charge in [0, 0.05) is 38.3 Å². The first-order valence-electron chi connectivity index (χ1n) is 8.58. The molecule has 0 atom stereocenters. The molecule has 1 aromatic carbocycles. The lowest BCUT2D eigenvalue weighted by atomic mass is 10.1. The molecular weight excluding hydrogens is 300 g/mol. The average Bonchev–Trinajstić information content (AvgIpc) is 3.18. The van der Waals surface area contributed by atoms with Crippen LogP contribution in [0.5, 0.6) is 5.75 Å². The Balaban J connectivity index is 1.46. The van der Waals surface area contributed by atoms with Crippen molar-refractivity contribution >= 4 is 11.3 Å². The minimum atomic E-state index is 0.653. The van der Waals surface area contributed by atoms with E-state index in [-0.39, 0.29) is 0 Å². The summed E-state index contributed by atoms with van der Waals surface area (Å²) in [4.78, 5) is 6.81. The van der Waals surface area contributed by atoms with Gasteiger partial charge in [0.05, 0.1) is 12.3 Å². The molecule has 122 valence electrons. The second-order valence-electron chi connectivity index (χ2n) is 6.82. The fraction of sp³-hybridized carbons (Fsp3) is 0.368. The maximum Gasteiger partial charge on any atom is 0.154 e. The van der Waals surface area contributed by atoms with Crippen LogP contribution in [0.3, 0.4) is 0 Å². The smallest absolute Gasteiger partial charge is 0.154 e. The molecule has 5 rings (SSSR count). The van der Waals surface area contributed by atoms with Crippen LogP contribution >= 0.6 is 0 Å². The standard InChI is InChI=1S/C19H20N4O/c1-22(12-13-2-5-18-15(10-13)6-9-24-18)19-17-11-16(14-3-4-14)21-23(17)8-7-20-19/h2,5,7-8,10-11,14H,3-4,6,9,12H2,1H3. The van der Waals surface area contributed by atoms with E-state index in [0.29, 0.717) is 5.92 Å². The van der Waals surface area contributed by atoms with Crippen molar-refractivity contribution in [2.45, 2.75) is 31.7 Å². The summed E-state index contributed by atoms with van der Waals surface area (Å²) in [6, 6.07) is 8.69. The number of nitrogens with zero attached hydrogens (tertiary/aromatic N) is 4. The van der Waals surface area contributed by atoms with Crippen LogP contribution in [0.2, 0.25) is 0 Å². The van der Waals surface area contributed by atoms with E-state index in [4.69, 9.17) is 9.84 Å². The van der Waals surface area contributed by atoms with Crippen molar-refractivity contribution in [2.24, 2.45) is 0 Å². The Labute approximate surface area is 140 Å². The Morgan fingerprint density at radius 2 is 2.21 bits per heavy atom. The number of hydrogen-bond donors (Lipinski definition) is 0. The molecule has 5 nitrogen and oxygen atoms in total. The lowest BCUT2D eigenvalue weighted by Gasteiger charge is -2.19. The van der Waals surface area contributed by atoms with Crippen LogP contribution in [0.25, 0.3) is 5.52 Å². The van der Waals surface area contributed by atoms with Crippen LogP contribution in [-0.2, 0) is 13.0 Å². The van der Waals surface area contributed by atoms with Gasteiger partial charge in [-0.15, -0.1) is 0 Å². The van der Waals surface area contributed by atoms with Gasteiger partial charge < -0.3 is 9.64 Å². The molecule has 0 spiro atoms.